The Bertz CT molecular complexity index is 1140. The maximum absolute atomic E-state index is 12.9. The van der Waals surface area contributed by atoms with Crippen LogP contribution in [0.1, 0.15) is 52.5 Å². The summed E-state index contributed by atoms with van der Waals surface area (Å²) in [4.78, 5) is 14.6. The lowest BCUT2D eigenvalue weighted by atomic mass is 9.86. The molecule has 1 aliphatic carbocycles. The minimum Gasteiger partial charge on any atom is -0.358 e. The van der Waals surface area contributed by atoms with Crippen LogP contribution in [-0.4, -0.2) is 46.7 Å². The molecule has 1 heterocycles. The first-order valence-electron chi connectivity index (χ1n) is 13.3. The normalized spacial score (nSPS) is 18.6. The maximum atomic E-state index is 12.9. The second kappa shape index (κ2) is 11.5. The van der Waals surface area contributed by atoms with Gasteiger partial charge in [-0.1, -0.05) is 94.3 Å². The first-order chi connectivity index (χ1) is 17.7. The van der Waals surface area contributed by atoms with Crippen molar-refractivity contribution in [2.45, 2.75) is 64.6 Å². The van der Waals surface area contributed by atoms with Crippen molar-refractivity contribution in [2.24, 2.45) is 5.41 Å². The lowest BCUT2D eigenvalue weighted by molar-refractivity contribution is -0.133. The molecule has 2 aromatic carbocycles. The first kappa shape index (κ1) is 26.9. The highest BCUT2D eigenvalue weighted by Crippen LogP contribution is 2.38. The summed E-state index contributed by atoms with van der Waals surface area (Å²) in [6.45, 7) is 6.20. The van der Waals surface area contributed by atoms with Crippen molar-refractivity contribution in [3.8, 4) is 22.5 Å². The number of benzene rings is 2. The summed E-state index contributed by atoms with van der Waals surface area (Å²) in [6.07, 6.45) is 4.41. The number of amides is 1. The molecule has 1 amide bonds. The number of hydrogen-bond acceptors (Lipinski definition) is 2. The molecular formula is C31H40N4OS. The molecule has 0 saturated heterocycles. The van der Waals surface area contributed by atoms with Crippen LogP contribution in [0.2, 0.25) is 0 Å². The van der Waals surface area contributed by atoms with Crippen LogP contribution in [-0.2, 0) is 4.79 Å². The highest BCUT2D eigenvalue weighted by atomic mass is 32.1. The maximum Gasteiger partial charge on any atom is 0.245 e. The summed E-state index contributed by atoms with van der Waals surface area (Å²) >= 11 is 5.82. The Balaban J connectivity index is 1.67. The standard InChI is InChI=1S/C31H40N4OS/c1-31(2,3)28(29(36)34(4)5)33-30(37)32-24-18-12-13-19-27(24)35-25(22-14-8-6-9-15-22)20-21-26(35)23-16-10-7-11-17-23/h6-11,14-17,20-21,24,27-28H,12-13,18-19H2,1-5H3,(H2,32,33,37)/t24-,27-,28-/m0/s1. The van der Waals surface area contributed by atoms with Gasteiger partial charge in [-0.2, -0.15) is 0 Å². The van der Waals surface area contributed by atoms with Gasteiger partial charge in [-0.25, -0.2) is 0 Å². The van der Waals surface area contributed by atoms with Gasteiger partial charge in [-0.05, 0) is 53.7 Å². The van der Waals surface area contributed by atoms with E-state index in [0.717, 1.165) is 19.3 Å². The Hall–Kier alpha value is -3.12. The molecule has 196 valence electrons. The van der Waals surface area contributed by atoms with Gasteiger partial charge in [0.2, 0.25) is 5.91 Å². The minimum absolute atomic E-state index is 0.0278. The van der Waals surface area contributed by atoms with Crippen molar-refractivity contribution in [2.75, 3.05) is 14.1 Å². The van der Waals surface area contributed by atoms with E-state index in [9.17, 15) is 4.79 Å². The number of carbonyl (C=O) groups is 1. The van der Waals surface area contributed by atoms with Crippen molar-refractivity contribution in [3.63, 3.8) is 0 Å². The second-order valence-electron chi connectivity index (χ2n) is 11.3. The molecule has 37 heavy (non-hydrogen) atoms. The Kier molecular flexibility index (Phi) is 8.38. The summed E-state index contributed by atoms with van der Waals surface area (Å²) in [5.74, 6) is 0.0278. The SMILES string of the molecule is CN(C)C(=O)[C@H](NC(=S)N[C@H]1CCCC[C@@H]1n1c(-c2ccccc2)ccc1-c1ccccc1)C(C)(C)C. The van der Waals surface area contributed by atoms with E-state index in [-0.39, 0.29) is 23.4 Å². The number of nitrogens with one attached hydrogen (secondary N) is 2. The van der Waals surface area contributed by atoms with Gasteiger partial charge < -0.3 is 20.1 Å². The molecule has 3 atom stereocenters. The summed E-state index contributed by atoms with van der Waals surface area (Å²) in [5.41, 5.74) is 4.57. The van der Waals surface area contributed by atoms with Crippen LogP contribution in [0, 0.1) is 5.41 Å². The number of likely N-dealkylation sites (N-methyl/N-ethyl adjacent to an activating group) is 1. The average molecular weight is 517 g/mol. The van der Waals surface area contributed by atoms with Crippen LogP contribution in [0.3, 0.4) is 0 Å². The van der Waals surface area contributed by atoms with E-state index < -0.39 is 6.04 Å². The van der Waals surface area contributed by atoms with Crippen molar-refractivity contribution >= 4 is 23.2 Å². The number of hydrogen-bond donors (Lipinski definition) is 2. The van der Waals surface area contributed by atoms with E-state index >= 15 is 0 Å². The molecule has 1 saturated carbocycles. The van der Waals surface area contributed by atoms with Crippen molar-refractivity contribution in [1.29, 1.82) is 0 Å². The fraction of sp³-hybridized carbons (Fsp3) is 0.419. The molecule has 2 N–H and O–H groups in total. The van der Waals surface area contributed by atoms with Gasteiger partial charge in [0.15, 0.2) is 5.11 Å². The molecule has 0 unspecified atom stereocenters. The van der Waals surface area contributed by atoms with Gasteiger partial charge in [0.1, 0.15) is 6.04 Å². The number of carbonyl (C=O) groups excluding carboxylic acids is 1. The predicted molar refractivity (Wildman–Crippen MR) is 157 cm³/mol. The number of rotatable bonds is 6. The Morgan fingerprint density at radius 2 is 1.41 bits per heavy atom. The molecule has 1 fully saturated rings. The zero-order chi connectivity index (χ0) is 26.6. The third kappa shape index (κ3) is 6.24. The van der Waals surface area contributed by atoms with E-state index in [4.69, 9.17) is 12.2 Å². The number of aromatic nitrogens is 1. The van der Waals surface area contributed by atoms with Crippen molar-refractivity contribution in [3.05, 3.63) is 72.8 Å². The Morgan fingerprint density at radius 3 is 1.89 bits per heavy atom. The molecule has 3 aromatic rings. The third-order valence-corrected chi connectivity index (χ3v) is 7.50. The van der Waals surface area contributed by atoms with Crippen LogP contribution in [0.5, 0.6) is 0 Å². The quantitative estimate of drug-likeness (QED) is 0.379. The van der Waals surface area contributed by atoms with E-state index in [1.54, 1.807) is 19.0 Å². The zero-order valence-electron chi connectivity index (χ0n) is 22.7. The second-order valence-corrected chi connectivity index (χ2v) is 11.7. The molecule has 6 heteroatoms. The van der Waals surface area contributed by atoms with Crippen LogP contribution in [0.25, 0.3) is 22.5 Å². The summed E-state index contributed by atoms with van der Waals surface area (Å²) in [5, 5.41) is 7.55. The monoisotopic (exact) mass is 516 g/mol. The van der Waals surface area contributed by atoms with Gasteiger partial charge >= 0.3 is 0 Å². The molecule has 1 aromatic heterocycles. The van der Waals surface area contributed by atoms with Crippen LogP contribution in [0.15, 0.2) is 72.8 Å². The third-order valence-electron chi connectivity index (χ3n) is 7.26. The van der Waals surface area contributed by atoms with E-state index in [1.165, 1.54) is 28.9 Å². The van der Waals surface area contributed by atoms with Gasteiger partial charge in [0.05, 0.1) is 6.04 Å². The predicted octanol–water partition coefficient (Wildman–Crippen LogP) is 6.27. The molecule has 1 aliphatic rings. The molecular weight excluding hydrogens is 476 g/mol. The molecule has 0 spiro atoms. The average Bonchev–Trinajstić information content (AvgIpc) is 3.32. The van der Waals surface area contributed by atoms with Crippen LogP contribution >= 0.6 is 12.2 Å². The van der Waals surface area contributed by atoms with Crippen molar-refractivity contribution < 1.29 is 4.79 Å². The lowest BCUT2D eigenvalue weighted by Gasteiger charge is -2.38. The Labute approximate surface area is 227 Å². The van der Waals surface area contributed by atoms with Crippen LogP contribution < -0.4 is 10.6 Å². The first-order valence-corrected chi connectivity index (χ1v) is 13.7. The fourth-order valence-electron chi connectivity index (χ4n) is 5.33. The zero-order valence-corrected chi connectivity index (χ0v) is 23.5. The van der Waals surface area contributed by atoms with Gasteiger partial charge in [0.25, 0.3) is 0 Å². The topological polar surface area (TPSA) is 49.3 Å². The van der Waals surface area contributed by atoms with Gasteiger partial charge in [-0.3, -0.25) is 4.79 Å². The summed E-state index contributed by atoms with van der Waals surface area (Å²) in [6, 6.07) is 25.7. The molecule has 0 aliphatic heterocycles. The highest BCUT2D eigenvalue weighted by Gasteiger charge is 2.35. The van der Waals surface area contributed by atoms with E-state index in [2.05, 4.69) is 109 Å². The van der Waals surface area contributed by atoms with Crippen LogP contribution in [0.4, 0.5) is 0 Å². The summed E-state index contributed by atoms with van der Waals surface area (Å²) in [7, 11) is 3.58. The molecule has 4 rings (SSSR count). The smallest absolute Gasteiger partial charge is 0.245 e. The van der Waals surface area contributed by atoms with Gasteiger partial charge in [0, 0.05) is 31.5 Å². The highest BCUT2D eigenvalue weighted by molar-refractivity contribution is 7.80. The largest absolute Gasteiger partial charge is 0.358 e. The minimum atomic E-state index is -0.407. The summed E-state index contributed by atoms with van der Waals surface area (Å²) < 4.78 is 2.51. The molecule has 0 radical (unpaired) electrons. The number of thiocarbonyl (C=S) groups is 1. The van der Waals surface area contributed by atoms with E-state index in [0.29, 0.717) is 5.11 Å². The lowest BCUT2D eigenvalue weighted by Crippen LogP contribution is -2.57. The Morgan fingerprint density at radius 1 is 0.892 bits per heavy atom. The molecule has 5 nitrogen and oxygen atoms in total. The fourth-order valence-corrected chi connectivity index (χ4v) is 5.60. The van der Waals surface area contributed by atoms with Gasteiger partial charge in [-0.15, -0.1) is 0 Å². The van der Waals surface area contributed by atoms with Crippen molar-refractivity contribution in [1.82, 2.24) is 20.1 Å². The van der Waals surface area contributed by atoms with E-state index in [1.807, 2.05) is 0 Å². The molecule has 0 bridgehead atoms. The number of nitrogens with zero attached hydrogens (tertiary/aromatic N) is 2.